The summed E-state index contributed by atoms with van der Waals surface area (Å²) in [5.41, 5.74) is 0. The van der Waals surface area contributed by atoms with Gasteiger partial charge in [0, 0.05) is 0 Å². The number of hydrogen-bond donors (Lipinski definition) is 1. The van der Waals surface area contributed by atoms with Gasteiger partial charge in [0.15, 0.2) is 0 Å². The molecular formula is C4H3O+. The molecule has 0 radical (unpaired) electrons. The minimum atomic E-state index is -0.329. The Kier molecular flexibility index (Phi) is 1.40. The topological polar surface area (TPSA) is 20.2 Å². The maximum atomic E-state index is 7.87. The summed E-state index contributed by atoms with van der Waals surface area (Å²) in [7, 11) is 0. The Morgan fingerprint density at radius 1 is 2.00 bits per heavy atom. The van der Waals surface area contributed by atoms with E-state index in [2.05, 4.69) is 6.58 Å². The predicted molar refractivity (Wildman–Crippen MR) is 18.9 cm³/mol. The molecule has 24 valence electrons. The van der Waals surface area contributed by atoms with Crippen LogP contribution in [0.15, 0.2) is 12.3 Å². The molecule has 0 aliphatic rings. The Bertz CT molecular complexity index is 76.1. The van der Waals surface area contributed by atoms with E-state index in [0.717, 1.165) is 0 Å². The van der Waals surface area contributed by atoms with Crippen LogP contribution in [0.4, 0.5) is 0 Å². The summed E-state index contributed by atoms with van der Waals surface area (Å²) < 4.78 is 0. The van der Waals surface area contributed by atoms with Crippen LogP contribution in [0.5, 0.6) is 0 Å². The third kappa shape index (κ3) is 3.32. The van der Waals surface area contributed by atoms with Crippen LogP contribution in [0.1, 0.15) is 0 Å². The second-order valence-corrected chi connectivity index (χ2v) is 0.572. The Morgan fingerprint density at radius 3 is 2.20 bits per heavy atom. The van der Waals surface area contributed by atoms with Gasteiger partial charge >= 0.3 is 29.8 Å². The Labute approximate surface area is 30.9 Å². The van der Waals surface area contributed by atoms with Crippen LogP contribution in [0.25, 0.3) is 0 Å². The van der Waals surface area contributed by atoms with Crippen LogP contribution in [0.3, 0.4) is 0 Å². The Morgan fingerprint density at radius 2 is 2.20 bits per heavy atom. The van der Waals surface area contributed by atoms with Crippen LogP contribution in [-0.2, 0) is 0 Å². The fourth-order valence-corrected chi connectivity index (χ4v) is 0. The molecule has 0 amide bonds. The van der Waals surface area contributed by atoms with E-state index in [9.17, 15) is 0 Å². The maximum absolute atomic E-state index is 7.87. The van der Waals surface area contributed by atoms with Crippen LogP contribution in [0.2, 0.25) is 0 Å². The van der Waals surface area contributed by atoms with E-state index in [1.165, 1.54) is 0 Å². The number of hydrogen-bond acceptors (Lipinski definition) is 1. The zero-order valence-electron chi connectivity index (χ0n) is 2.65. The van der Waals surface area contributed by atoms with Gasteiger partial charge in [0.2, 0.25) is 0 Å². The Balaban J connectivity index is 3.35. The molecule has 0 saturated heterocycles. The van der Waals surface area contributed by atoms with E-state index < -0.39 is 0 Å². The first kappa shape index (κ1) is 4.32. The van der Waals surface area contributed by atoms with E-state index in [0.29, 0.717) is 0 Å². The predicted octanol–water partition coefficient (Wildman–Crippen LogP) is 0.648. The average Bonchev–Trinajstić information content (AvgIpc) is 1.38. The van der Waals surface area contributed by atoms with Gasteiger partial charge < -0.3 is 0 Å². The fourth-order valence-electron chi connectivity index (χ4n) is 0. The van der Waals surface area contributed by atoms with Crippen molar-refractivity contribution >= 4 is 0 Å². The molecule has 5 heavy (non-hydrogen) atoms. The third-order valence-electron chi connectivity index (χ3n) is 0.144. The van der Waals surface area contributed by atoms with Crippen LogP contribution in [0, 0.1) is 12.3 Å². The molecule has 1 heteroatoms. The third-order valence-corrected chi connectivity index (χ3v) is 0.144. The summed E-state index contributed by atoms with van der Waals surface area (Å²) >= 11 is 0. The van der Waals surface area contributed by atoms with Crippen molar-refractivity contribution in [3.63, 3.8) is 0 Å². The van der Waals surface area contributed by atoms with Crippen LogP contribution >= 0.6 is 0 Å². The van der Waals surface area contributed by atoms with Gasteiger partial charge in [0.1, 0.15) is 0 Å². The van der Waals surface area contributed by atoms with E-state index in [1.54, 1.807) is 5.92 Å². The van der Waals surface area contributed by atoms with E-state index in [1.807, 2.05) is 0 Å². The fraction of sp³-hybridized carbons (Fsp3) is 0. The number of allylic oxidation sites excluding steroid dienone is 1. The molecule has 0 aromatic heterocycles. The van der Waals surface area contributed by atoms with Crippen LogP contribution < -0.4 is 0 Å². The second-order valence-electron chi connectivity index (χ2n) is 0.572. The molecule has 0 spiro atoms. The summed E-state index contributed by atoms with van der Waals surface area (Å²) in [6, 6.07) is 0. The van der Waals surface area contributed by atoms with Crippen LogP contribution in [-0.4, -0.2) is 5.11 Å². The van der Waals surface area contributed by atoms with Crippen molar-refractivity contribution in [2.24, 2.45) is 0 Å². The molecule has 0 fully saturated rings. The monoisotopic (exact) mass is 67.0 g/mol. The molecule has 0 saturated carbocycles. The zero-order chi connectivity index (χ0) is 4.28. The van der Waals surface area contributed by atoms with Crippen molar-refractivity contribution in [2.75, 3.05) is 0 Å². The molecule has 0 heterocycles. The summed E-state index contributed by atoms with van der Waals surface area (Å²) in [5, 5.41) is 7.87. The number of aliphatic hydroxyl groups is 1. The van der Waals surface area contributed by atoms with Gasteiger partial charge in [-0.3, -0.25) is 0 Å². The molecule has 1 nitrogen and oxygen atoms in total. The molecule has 0 aromatic carbocycles. The normalized spacial score (nSPS) is 6.00. The minimum absolute atomic E-state index is 0.329. The molecular weight excluding hydrogens is 64.0 g/mol. The zero-order valence-corrected chi connectivity index (χ0v) is 2.65. The molecule has 0 bridgehead atoms. The second kappa shape index (κ2) is 1.62. The van der Waals surface area contributed by atoms with Crippen molar-refractivity contribution in [3.05, 3.63) is 18.8 Å². The van der Waals surface area contributed by atoms with Crippen molar-refractivity contribution < 1.29 is 5.11 Å². The SMILES string of the molecule is [C+]#CC(=C)O. The van der Waals surface area contributed by atoms with Gasteiger partial charge in [-0.15, -0.1) is 0 Å². The molecule has 0 rings (SSSR count). The van der Waals surface area contributed by atoms with Gasteiger partial charge in [-0.05, 0) is 0 Å². The van der Waals surface area contributed by atoms with Gasteiger partial charge in [-0.1, -0.05) is 0 Å². The van der Waals surface area contributed by atoms with E-state index >= 15 is 0 Å². The summed E-state index contributed by atoms with van der Waals surface area (Å²) in [4.78, 5) is 0. The van der Waals surface area contributed by atoms with E-state index in [4.69, 9.17) is 11.5 Å². The molecule has 0 aliphatic carbocycles. The Hall–Kier alpha value is -0.680. The summed E-state index contributed by atoms with van der Waals surface area (Å²) in [6.45, 7) is 2.93. The summed E-state index contributed by atoms with van der Waals surface area (Å²) in [6.07, 6.45) is 6.06. The summed E-state index contributed by atoms with van der Waals surface area (Å²) in [5.74, 6) is 1.31. The van der Waals surface area contributed by atoms with Gasteiger partial charge in [0.05, 0.1) is 0 Å². The average molecular weight is 67.1 g/mol. The van der Waals surface area contributed by atoms with Gasteiger partial charge in [0.25, 0.3) is 0 Å². The molecule has 1 N–H and O–H groups in total. The van der Waals surface area contributed by atoms with Gasteiger partial charge in [-0.25, -0.2) is 0 Å². The first-order chi connectivity index (χ1) is 2.27. The molecule has 0 unspecified atom stereocenters. The standard InChI is InChI=1S/C4H2O/c1-3-4(2)5/h2H2/p+1. The molecule has 0 aliphatic heterocycles. The van der Waals surface area contributed by atoms with Crippen molar-refractivity contribution in [2.45, 2.75) is 0 Å². The molecule has 0 atom stereocenters. The van der Waals surface area contributed by atoms with Crippen molar-refractivity contribution in [3.8, 4) is 5.92 Å². The first-order valence-electron chi connectivity index (χ1n) is 1.08. The number of rotatable bonds is 0. The molecule has 0 aromatic rings. The number of aliphatic hydroxyl groups excluding tert-OH is 1. The van der Waals surface area contributed by atoms with E-state index in [-0.39, 0.29) is 5.76 Å². The van der Waals surface area contributed by atoms with Gasteiger partial charge in [-0.2, -0.15) is 0 Å². The van der Waals surface area contributed by atoms with Crippen molar-refractivity contribution in [1.82, 2.24) is 0 Å². The van der Waals surface area contributed by atoms with Crippen molar-refractivity contribution in [1.29, 1.82) is 0 Å². The quantitative estimate of drug-likeness (QED) is 0.250. The first-order valence-corrected chi connectivity index (χ1v) is 1.08.